The number of benzene rings is 2. The lowest BCUT2D eigenvalue weighted by Crippen LogP contribution is -2.69. The first-order chi connectivity index (χ1) is 14.3. The summed E-state index contributed by atoms with van der Waals surface area (Å²) in [4.78, 5) is 37.4. The van der Waals surface area contributed by atoms with Crippen LogP contribution < -0.4 is 10.6 Å². The molecule has 0 aliphatic carbocycles. The van der Waals surface area contributed by atoms with E-state index >= 15 is 0 Å². The van der Waals surface area contributed by atoms with Gasteiger partial charge < -0.3 is 5.32 Å². The van der Waals surface area contributed by atoms with Gasteiger partial charge in [0.2, 0.25) is 0 Å². The zero-order valence-corrected chi connectivity index (χ0v) is 15.3. The minimum absolute atomic E-state index is 0.259. The SMILES string of the molecule is O=C(NC1(C(F)(F)F)NC(=O)N(Cc2ccccc2)C1=O)c1cccc(C(F)(F)F)c1. The van der Waals surface area contributed by atoms with E-state index in [2.05, 4.69) is 0 Å². The molecule has 3 rings (SSSR count). The maximum atomic E-state index is 13.8. The highest BCUT2D eigenvalue weighted by molar-refractivity contribution is 6.10. The molecular formula is C19H13F6N3O3. The van der Waals surface area contributed by atoms with Crippen molar-refractivity contribution in [3.8, 4) is 0 Å². The van der Waals surface area contributed by atoms with Crippen LogP contribution in [0.25, 0.3) is 0 Å². The number of nitrogens with one attached hydrogen (secondary N) is 2. The van der Waals surface area contributed by atoms with Gasteiger partial charge in [-0.15, -0.1) is 0 Å². The fourth-order valence-electron chi connectivity index (χ4n) is 2.91. The Morgan fingerprint density at radius 1 is 0.968 bits per heavy atom. The Morgan fingerprint density at radius 3 is 2.19 bits per heavy atom. The number of alkyl halides is 6. The average molecular weight is 445 g/mol. The monoisotopic (exact) mass is 445 g/mol. The summed E-state index contributed by atoms with van der Waals surface area (Å²) in [5.74, 6) is -3.44. The van der Waals surface area contributed by atoms with Crippen LogP contribution in [0.3, 0.4) is 0 Å². The number of imide groups is 1. The van der Waals surface area contributed by atoms with Crippen LogP contribution in [0.5, 0.6) is 0 Å². The van der Waals surface area contributed by atoms with Gasteiger partial charge in [0.15, 0.2) is 0 Å². The second-order valence-electron chi connectivity index (χ2n) is 6.59. The summed E-state index contributed by atoms with van der Waals surface area (Å²) in [6.07, 6.45) is -10.3. The Hall–Kier alpha value is -3.57. The van der Waals surface area contributed by atoms with E-state index in [1.807, 2.05) is 0 Å². The molecule has 164 valence electrons. The standard InChI is InChI=1S/C19H13F6N3O3/c20-18(21,22)13-8-4-7-12(9-13)14(29)26-17(19(23,24)25)15(30)28(16(31)27-17)10-11-5-2-1-3-6-11/h1-9H,10H2,(H,26,29)(H,27,31). The highest BCUT2D eigenvalue weighted by Crippen LogP contribution is 2.35. The smallest absolute Gasteiger partial charge is 0.314 e. The van der Waals surface area contributed by atoms with Crippen molar-refractivity contribution in [3.63, 3.8) is 0 Å². The van der Waals surface area contributed by atoms with Crippen molar-refractivity contribution in [2.75, 3.05) is 0 Å². The predicted octanol–water partition coefficient (Wildman–Crippen LogP) is 3.45. The van der Waals surface area contributed by atoms with E-state index in [1.54, 1.807) is 18.2 Å². The number of carbonyl (C=O) groups excluding carboxylic acids is 3. The quantitative estimate of drug-likeness (QED) is 0.559. The molecule has 0 radical (unpaired) electrons. The number of hydrogen-bond acceptors (Lipinski definition) is 3. The largest absolute Gasteiger partial charge is 0.440 e. The van der Waals surface area contributed by atoms with Gasteiger partial charge in [-0.3, -0.25) is 19.8 Å². The van der Waals surface area contributed by atoms with Crippen LogP contribution in [0, 0.1) is 0 Å². The molecule has 1 fully saturated rings. The van der Waals surface area contributed by atoms with Crippen molar-refractivity contribution in [3.05, 3.63) is 71.3 Å². The first-order valence-electron chi connectivity index (χ1n) is 8.60. The molecule has 1 aliphatic rings. The number of urea groups is 1. The lowest BCUT2D eigenvalue weighted by atomic mass is 10.1. The molecule has 1 saturated heterocycles. The maximum absolute atomic E-state index is 13.8. The zero-order chi connectivity index (χ0) is 23.0. The molecule has 0 aromatic heterocycles. The van der Waals surface area contributed by atoms with E-state index in [0.717, 1.165) is 12.1 Å². The molecule has 1 atom stereocenters. The molecule has 0 spiro atoms. The molecule has 4 amide bonds. The fraction of sp³-hybridized carbons (Fsp3) is 0.211. The van der Waals surface area contributed by atoms with Crippen molar-refractivity contribution in [1.29, 1.82) is 0 Å². The molecule has 2 N–H and O–H groups in total. The van der Waals surface area contributed by atoms with E-state index in [1.165, 1.54) is 22.8 Å². The summed E-state index contributed by atoms with van der Waals surface area (Å²) in [6.45, 7) is -0.511. The lowest BCUT2D eigenvalue weighted by molar-refractivity contribution is -0.200. The van der Waals surface area contributed by atoms with Gasteiger partial charge in [0, 0.05) is 5.56 Å². The second-order valence-corrected chi connectivity index (χ2v) is 6.59. The summed E-state index contributed by atoms with van der Waals surface area (Å²) in [7, 11) is 0. The zero-order valence-electron chi connectivity index (χ0n) is 15.3. The van der Waals surface area contributed by atoms with Crippen molar-refractivity contribution >= 4 is 17.8 Å². The van der Waals surface area contributed by atoms with E-state index in [0.29, 0.717) is 17.7 Å². The fourth-order valence-corrected chi connectivity index (χ4v) is 2.91. The van der Waals surface area contributed by atoms with Gasteiger partial charge in [0.05, 0.1) is 12.1 Å². The van der Waals surface area contributed by atoms with Crippen LogP contribution in [0.4, 0.5) is 31.1 Å². The minimum atomic E-state index is -5.48. The Balaban J connectivity index is 1.93. The number of carbonyl (C=O) groups is 3. The van der Waals surface area contributed by atoms with Crippen molar-refractivity contribution in [2.45, 2.75) is 24.6 Å². The third kappa shape index (κ3) is 4.18. The number of halogens is 6. The van der Waals surface area contributed by atoms with Gasteiger partial charge in [0.1, 0.15) is 0 Å². The van der Waals surface area contributed by atoms with Gasteiger partial charge in [-0.2, -0.15) is 26.3 Å². The van der Waals surface area contributed by atoms with Crippen molar-refractivity contribution in [1.82, 2.24) is 15.5 Å². The van der Waals surface area contributed by atoms with Crippen LogP contribution in [-0.4, -0.2) is 34.6 Å². The molecule has 2 aromatic rings. The number of amides is 4. The summed E-state index contributed by atoms with van der Waals surface area (Å²) in [6, 6.07) is 8.85. The van der Waals surface area contributed by atoms with Crippen molar-refractivity contribution < 1.29 is 40.7 Å². The first kappa shape index (κ1) is 22.1. The van der Waals surface area contributed by atoms with Gasteiger partial charge >= 0.3 is 18.4 Å². The number of nitrogens with zero attached hydrogens (tertiary/aromatic N) is 1. The van der Waals surface area contributed by atoms with E-state index in [-0.39, 0.29) is 4.90 Å². The van der Waals surface area contributed by atoms with E-state index in [9.17, 15) is 40.7 Å². The van der Waals surface area contributed by atoms with Gasteiger partial charge in [-0.05, 0) is 23.8 Å². The number of hydrogen-bond donors (Lipinski definition) is 2. The molecule has 6 nitrogen and oxygen atoms in total. The molecular weight excluding hydrogens is 432 g/mol. The van der Waals surface area contributed by atoms with E-state index in [4.69, 9.17) is 0 Å². The van der Waals surface area contributed by atoms with Gasteiger partial charge in [-0.25, -0.2) is 4.79 Å². The highest BCUT2D eigenvalue weighted by Gasteiger charge is 2.68. The van der Waals surface area contributed by atoms with Gasteiger partial charge in [0.25, 0.3) is 17.5 Å². The summed E-state index contributed by atoms with van der Waals surface area (Å²) < 4.78 is 80.0. The average Bonchev–Trinajstić information content (AvgIpc) is 2.93. The second kappa shape index (κ2) is 7.60. The Bertz CT molecular complexity index is 1020. The first-order valence-corrected chi connectivity index (χ1v) is 8.60. The summed E-state index contributed by atoms with van der Waals surface area (Å²) >= 11 is 0. The molecule has 2 aromatic carbocycles. The minimum Gasteiger partial charge on any atom is -0.314 e. The molecule has 12 heteroatoms. The predicted molar refractivity (Wildman–Crippen MR) is 93.2 cm³/mol. The molecule has 1 aliphatic heterocycles. The molecule has 0 bridgehead atoms. The highest BCUT2D eigenvalue weighted by atomic mass is 19.4. The third-order valence-corrected chi connectivity index (χ3v) is 4.47. The van der Waals surface area contributed by atoms with Crippen LogP contribution in [-0.2, 0) is 17.5 Å². The lowest BCUT2D eigenvalue weighted by Gasteiger charge is -2.30. The summed E-state index contributed by atoms with van der Waals surface area (Å²) in [5, 5.41) is 2.80. The summed E-state index contributed by atoms with van der Waals surface area (Å²) in [5.41, 5.74) is -5.53. The Kier molecular flexibility index (Phi) is 5.42. The van der Waals surface area contributed by atoms with Crippen LogP contribution >= 0.6 is 0 Å². The van der Waals surface area contributed by atoms with Crippen LogP contribution in [0.2, 0.25) is 0 Å². The maximum Gasteiger partial charge on any atom is 0.440 e. The Labute approximate surface area is 170 Å². The van der Waals surface area contributed by atoms with Crippen LogP contribution in [0.1, 0.15) is 21.5 Å². The number of rotatable bonds is 4. The van der Waals surface area contributed by atoms with Crippen LogP contribution in [0.15, 0.2) is 54.6 Å². The molecule has 0 saturated carbocycles. The molecule has 1 heterocycles. The topological polar surface area (TPSA) is 78.5 Å². The van der Waals surface area contributed by atoms with Crippen molar-refractivity contribution in [2.24, 2.45) is 0 Å². The molecule has 31 heavy (non-hydrogen) atoms. The van der Waals surface area contributed by atoms with Gasteiger partial charge in [-0.1, -0.05) is 36.4 Å². The third-order valence-electron chi connectivity index (χ3n) is 4.47. The normalized spacial score (nSPS) is 19.4. The Morgan fingerprint density at radius 2 is 1.61 bits per heavy atom. The molecule has 1 unspecified atom stereocenters. The van der Waals surface area contributed by atoms with E-state index < -0.39 is 53.5 Å².